The number of carbonyl (C=O) groups is 1. The molecule has 0 N–H and O–H groups in total. The average Bonchev–Trinajstić information content (AvgIpc) is 2.86. The van der Waals surface area contributed by atoms with Crippen molar-refractivity contribution >= 4 is 16.9 Å². The number of aromatic nitrogens is 2. The Morgan fingerprint density at radius 2 is 1.77 bits per heavy atom. The molecular formula is C26H24F7N3O4. The van der Waals surface area contributed by atoms with Gasteiger partial charge in [0, 0.05) is 13.1 Å². The lowest BCUT2D eigenvalue weighted by atomic mass is 10.1. The fourth-order valence-corrected chi connectivity index (χ4v) is 4.57. The lowest BCUT2D eigenvalue weighted by molar-refractivity contribution is -0.190. The maximum atomic E-state index is 14.0. The molecule has 2 aromatic carbocycles. The van der Waals surface area contributed by atoms with Gasteiger partial charge in [-0.05, 0) is 69.1 Å². The number of fused-ring (bicyclic) bond motifs is 1. The fourth-order valence-electron chi connectivity index (χ4n) is 4.57. The van der Waals surface area contributed by atoms with Gasteiger partial charge in [0.05, 0.1) is 23.2 Å². The molecule has 2 heterocycles. The molecule has 1 saturated heterocycles. The molecule has 0 amide bonds. The maximum Gasteiger partial charge on any atom is 0.491 e. The normalized spacial score (nSPS) is 16.8. The predicted molar refractivity (Wildman–Crippen MR) is 129 cm³/mol. The molecule has 3 aromatic rings. The van der Waals surface area contributed by atoms with E-state index in [2.05, 4.69) is 9.72 Å². The van der Waals surface area contributed by atoms with Gasteiger partial charge in [-0.15, -0.1) is 0 Å². The van der Waals surface area contributed by atoms with Gasteiger partial charge in [0.2, 0.25) is 0 Å². The van der Waals surface area contributed by atoms with Gasteiger partial charge in [-0.25, -0.2) is 14.2 Å². The van der Waals surface area contributed by atoms with Crippen molar-refractivity contribution in [1.29, 1.82) is 0 Å². The van der Waals surface area contributed by atoms with Crippen LogP contribution >= 0.6 is 0 Å². The first-order valence-corrected chi connectivity index (χ1v) is 12.3. The molecule has 1 fully saturated rings. The van der Waals surface area contributed by atoms with Gasteiger partial charge < -0.3 is 14.4 Å². The second-order valence-corrected chi connectivity index (χ2v) is 9.25. The number of aryl methyl sites for hydroxylation is 1. The number of esters is 1. The summed E-state index contributed by atoms with van der Waals surface area (Å²) >= 11 is 0. The minimum atomic E-state index is -5.56. The first-order chi connectivity index (χ1) is 18.8. The van der Waals surface area contributed by atoms with Crippen LogP contribution in [0.3, 0.4) is 0 Å². The zero-order valence-corrected chi connectivity index (χ0v) is 21.1. The highest BCUT2D eigenvalue weighted by Crippen LogP contribution is 2.40. The zero-order valence-electron chi connectivity index (χ0n) is 21.1. The van der Waals surface area contributed by atoms with Crippen LogP contribution in [-0.4, -0.2) is 59.0 Å². The molecule has 0 bridgehead atoms. The summed E-state index contributed by atoms with van der Waals surface area (Å²) in [6, 6.07) is 7.20. The van der Waals surface area contributed by atoms with Gasteiger partial charge in [-0.2, -0.15) is 26.3 Å². The molecule has 1 aliphatic heterocycles. The number of hydrogen-bond donors (Lipinski definition) is 0. The highest BCUT2D eigenvalue weighted by Gasteiger charge is 2.44. The SMILES string of the molecule is Cc1nc2ccc(OC(=O)C(F)(F)F)c(C(F)(F)F)c2c(=O)n1-c1ccc(OCCCN2CCCC(F)C2)cc1. The standard InChI is InChI=1S/C26H24F7N3O4/c1-15-34-19-9-10-20(40-24(38)26(31,32)33)22(25(28,29)30)21(19)23(37)36(15)17-5-7-18(8-6-17)39-13-3-12-35-11-2-4-16(27)14-35/h5-10,16H,2-4,11-14H2,1H3. The lowest BCUT2D eigenvalue weighted by Crippen LogP contribution is -2.37. The third-order valence-corrected chi connectivity index (χ3v) is 6.32. The molecule has 1 atom stereocenters. The molecule has 14 heteroatoms. The van der Waals surface area contributed by atoms with Crippen molar-refractivity contribution in [2.45, 2.75) is 44.7 Å². The van der Waals surface area contributed by atoms with Gasteiger partial charge >= 0.3 is 18.3 Å². The summed E-state index contributed by atoms with van der Waals surface area (Å²) in [7, 11) is 0. The van der Waals surface area contributed by atoms with E-state index in [-0.39, 0.29) is 11.5 Å². The molecule has 1 aliphatic rings. The quantitative estimate of drug-likeness (QED) is 0.163. The summed E-state index contributed by atoms with van der Waals surface area (Å²) in [5.41, 5.74) is -3.38. The number of carbonyl (C=O) groups excluding carboxylic acids is 1. The molecule has 0 saturated carbocycles. The molecule has 0 radical (unpaired) electrons. The van der Waals surface area contributed by atoms with Crippen molar-refractivity contribution in [3.63, 3.8) is 0 Å². The summed E-state index contributed by atoms with van der Waals surface area (Å²) in [4.78, 5) is 30.6. The van der Waals surface area contributed by atoms with Crippen LogP contribution in [0.1, 0.15) is 30.7 Å². The number of ether oxygens (including phenoxy) is 2. The molecular weight excluding hydrogens is 551 g/mol. The average molecular weight is 575 g/mol. The van der Waals surface area contributed by atoms with Crippen molar-refractivity contribution in [3.8, 4) is 17.2 Å². The second-order valence-electron chi connectivity index (χ2n) is 9.25. The Hall–Kier alpha value is -3.68. The monoisotopic (exact) mass is 575 g/mol. The van der Waals surface area contributed by atoms with E-state index in [0.717, 1.165) is 23.6 Å². The number of alkyl halides is 7. The Kier molecular flexibility index (Phi) is 8.38. The van der Waals surface area contributed by atoms with Crippen LogP contribution in [0.4, 0.5) is 30.7 Å². The van der Waals surface area contributed by atoms with Crippen LogP contribution in [0.15, 0.2) is 41.2 Å². The van der Waals surface area contributed by atoms with E-state index in [1.54, 1.807) is 0 Å². The number of rotatable bonds is 7. The largest absolute Gasteiger partial charge is 0.494 e. The molecule has 0 aliphatic carbocycles. The molecule has 0 spiro atoms. The minimum absolute atomic E-state index is 0.00651. The van der Waals surface area contributed by atoms with Gasteiger partial charge in [-0.3, -0.25) is 9.36 Å². The van der Waals surface area contributed by atoms with Crippen LogP contribution in [-0.2, 0) is 11.0 Å². The minimum Gasteiger partial charge on any atom is -0.494 e. The number of nitrogens with zero attached hydrogens (tertiary/aromatic N) is 3. The Bertz CT molecular complexity index is 1440. The number of piperidine rings is 1. The second kappa shape index (κ2) is 11.4. The fraction of sp³-hybridized carbons (Fsp3) is 0.423. The van der Waals surface area contributed by atoms with Crippen LogP contribution < -0.4 is 15.0 Å². The Morgan fingerprint density at radius 3 is 2.40 bits per heavy atom. The van der Waals surface area contributed by atoms with E-state index in [4.69, 9.17) is 4.74 Å². The molecule has 4 rings (SSSR count). The van der Waals surface area contributed by atoms with E-state index in [1.807, 2.05) is 4.90 Å². The van der Waals surface area contributed by atoms with E-state index in [9.17, 15) is 40.3 Å². The third kappa shape index (κ3) is 6.54. The van der Waals surface area contributed by atoms with Crippen LogP contribution in [0, 0.1) is 6.92 Å². The van der Waals surface area contributed by atoms with Crippen molar-refractivity contribution in [2.75, 3.05) is 26.2 Å². The highest BCUT2D eigenvalue weighted by molar-refractivity contribution is 5.87. The van der Waals surface area contributed by atoms with Gasteiger partial charge in [0.25, 0.3) is 5.56 Å². The number of halogens is 7. The van der Waals surface area contributed by atoms with Crippen LogP contribution in [0.5, 0.6) is 11.5 Å². The molecule has 40 heavy (non-hydrogen) atoms. The topological polar surface area (TPSA) is 73.7 Å². The smallest absolute Gasteiger partial charge is 0.491 e. The molecule has 1 unspecified atom stereocenters. The first kappa shape index (κ1) is 29.3. The van der Waals surface area contributed by atoms with E-state index in [1.165, 1.54) is 31.2 Å². The zero-order chi connectivity index (χ0) is 29.2. The Labute approximate surface area is 223 Å². The van der Waals surface area contributed by atoms with E-state index < -0.39 is 52.3 Å². The van der Waals surface area contributed by atoms with Crippen LogP contribution in [0.2, 0.25) is 0 Å². The molecule has 216 valence electrons. The number of likely N-dealkylation sites (tertiary alicyclic amines) is 1. The summed E-state index contributed by atoms with van der Waals surface area (Å²) in [6.07, 6.45) is -9.73. The number of hydrogen-bond acceptors (Lipinski definition) is 6. The summed E-state index contributed by atoms with van der Waals surface area (Å²) in [6.45, 7) is 3.59. The maximum absolute atomic E-state index is 14.0. The summed E-state index contributed by atoms with van der Waals surface area (Å²) in [5.74, 6) is -3.91. The predicted octanol–water partition coefficient (Wildman–Crippen LogP) is 5.38. The van der Waals surface area contributed by atoms with Gasteiger partial charge in [0.15, 0.2) is 0 Å². The molecule has 1 aromatic heterocycles. The number of benzene rings is 2. The highest BCUT2D eigenvalue weighted by atomic mass is 19.4. The van der Waals surface area contributed by atoms with Crippen molar-refractivity contribution in [2.24, 2.45) is 0 Å². The third-order valence-electron chi connectivity index (χ3n) is 6.32. The van der Waals surface area contributed by atoms with Gasteiger partial charge in [0.1, 0.15) is 29.1 Å². The van der Waals surface area contributed by atoms with Crippen molar-refractivity contribution < 1.29 is 45.0 Å². The van der Waals surface area contributed by atoms with Crippen molar-refractivity contribution in [1.82, 2.24) is 14.5 Å². The Balaban J connectivity index is 1.60. The van der Waals surface area contributed by atoms with E-state index in [0.29, 0.717) is 44.4 Å². The van der Waals surface area contributed by atoms with Crippen molar-refractivity contribution in [3.05, 3.63) is 58.1 Å². The van der Waals surface area contributed by atoms with E-state index >= 15 is 0 Å². The van der Waals surface area contributed by atoms with Gasteiger partial charge in [-0.1, -0.05) is 0 Å². The lowest BCUT2D eigenvalue weighted by Gasteiger charge is -2.28. The summed E-state index contributed by atoms with van der Waals surface area (Å²) in [5, 5.41) is -1.06. The molecule has 7 nitrogen and oxygen atoms in total. The first-order valence-electron chi connectivity index (χ1n) is 12.3. The van der Waals surface area contributed by atoms with Crippen LogP contribution in [0.25, 0.3) is 16.6 Å². The Morgan fingerprint density at radius 1 is 1.07 bits per heavy atom. The summed E-state index contributed by atoms with van der Waals surface area (Å²) < 4.78 is 104.